The van der Waals surface area contributed by atoms with Gasteiger partial charge < -0.3 is 10.4 Å². The predicted octanol–water partition coefficient (Wildman–Crippen LogP) is 0.829. The van der Waals surface area contributed by atoms with Crippen LogP contribution in [0.5, 0.6) is 0 Å². The summed E-state index contributed by atoms with van der Waals surface area (Å²) in [6.45, 7) is 2.06. The number of aromatic amines is 1. The number of carbonyl (C=O) groups excluding carboxylic acids is 1. The lowest BCUT2D eigenvalue weighted by atomic mass is 10.1. The Morgan fingerprint density at radius 1 is 1.60 bits per heavy atom. The maximum Gasteiger partial charge on any atom is 0.272 e. The fourth-order valence-corrected chi connectivity index (χ4v) is 1.70. The van der Waals surface area contributed by atoms with Gasteiger partial charge in [-0.2, -0.15) is 5.10 Å². The summed E-state index contributed by atoms with van der Waals surface area (Å²) >= 11 is 0. The Bertz CT molecular complexity index is 652. The Balaban J connectivity index is 2.27. The average Bonchev–Trinajstić information content (AvgIpc) is 2.87. The molecular formula is C12H14N4O4. The first-order valence-electron chi connectivity index (χ1n) is 6.04. The fourth-order valence-electron chi connectivity index (χ4n) is 1.70. The number of nitrogens with one attached hydrogen (secondary N) is 2. The van der Waals surface area contributed by atoms with E-state index in [9.17, 15) is 14.9 Å². The van der Waals surface area contributed by atoms with Gasteiger partial charge in [0.2, 0.25) is 0 Å². The van der Waals surface area contributed by atoms with E-state index in [1.165, 1.54) is 18.2 Å². The third kappa shape index (κ3) is 2.75. The molecule has 20 heavy (non-hydrogen) atoms. The Morgan fingerprint density at radius 3 is 3.00 bits per heavy atom. The van der Waals surface area contributed by atoms with E-state index in [1.807, 2.05) is 0 Å². The Hall–Kier alpha value is -2.48. The van der Waals surface area contributed by atoms with Gasteiger partial charge in [0.1, 0.15) is 0 Å². The molecule has 1 aromatic heterocycles. The van der Waals surface area contributed by atoms with Crippen LogP contribution in [0.3, 0.4) is 0 Å². The number of benzene rings is 1. The quantitative estimate of drug-likeness (QED) is 0.552. The molecule has 0 aliphatic heterocycles. The summed E-state index contributed by atoms with van der Waals surface area (Å²) in [6, 6.07) is 4.16. The van der Waals surface area contributed by atoms with Crippen LogP contribution in [0, 0.1) is 16.0 Å². The molecule has 0 saturated heterocycles. The third-order valence-corrected chi connectivity index (χ3v) is 2.90. The molecule has 1 heterocycles. The molecule has 1 unspecified atom stereocenters. The molecule has 2 aromatic rings. The Morgan fingerprint density at radius 2 is 2.35 bits per heavy atom. The smallest absolute Gasteiger partial charge is 0.272 e. The van der Waals surface area contributed by atoms with Gasteiger partial charge in [-0.1, -0.05) is 6.92 Å². The van der Waals surface area contributed by atoms with E-state index in [0.29, 0.717) is 17.4 Å². The fraction of sp³-hybridized carbons (Fsp3) is 0.333. The molecule has 0 bridgehead atoms. The van der Waals surface area contributed by atoms with Crippen molar-refractivity contribution in [2.24, 2.45) is 5.92 Å². The molecule has 1 aromatic carbocycles. The number of aliphatic hydroxyl groups excluding tert-OH is 1. The van der Waals surface area contributed by atoms with Gasteiger partial charge in [0.25, 0.3) is 11.6 Å². The molecule has 0 aliphatic rings. The van der Waals surface area contributed by atoms with Gasteiger partial charge in [0, 0.05) is 30.7 Å². The van der Waals surface area contributed by atoms with Crippen LogP contribution >= 0.6 is 0 Å². The van der Waals surface area contributed by atoms with Crippen molar-refractivity contribution in [3.05, 3.63) is 34.0 Å². The first kappa shape index (κ1) is 13.9. The maximum absolute atomic E-state index is 12.0. The molecule has 2 rings (SSSR count). The number of aromatic nitrogens is 2. The standard InChI is InChI=1S/C12H14N4O4/c1-7(6-17)5-13-12(18)11-9-4-8(16(19)20)2-3-10(9)14-15-11/h2-4,7,17H,5-6H2,1H3,(H,13,18)(H,14,15). The van der Waals surface area contributed by atoms with Crippen molar-refractivity contribution in [1.29, 1.82) is 0 Å². The molecule has 8 heteroatoms. The largest absolute Gasteiger partial charge is 0.396 e. The molecular weight excluding hydrogens is 264 g/mol. The second kappa shape index (κ2) is 5.66. The van der Waals surface area contributed by atoms with Crippen LogP contribution in [0.15, 0.2) is 18.2 Å². The summed E-state index contributed by atoms with van der Waals surface area (Å²) in [5.74, 6) is -0.504. The Labute approximate surface area is 113 Å². The van der Waals surface area contributed by atoms with Crippen LogP contribution in [0.25, 0.3) is 10.9 Å². The summed E-state index contributed by atoms with van der Waals surface area (Å²) in [4.78, 5) is 22.2. The molecule has 1 amide bonds. The van der Waals surface area contributed by atoms with E-state index in [4.69, 9.17) is 5.11 Å². The highest BCUT2D eigenvalue weighted by atomic mass is 16.6. The molecule has 0 fully saturated rings. The normalized spacial score (nSPS) is 12.3. The van der Waals surface area contributed by atoms with Crippen molar-refractivity contribution in [1.82, 2.24) is 15.5 Å². The zero-order chi connectivity index (χ0) is 14.7. The number of aliphatic hydroxyl groups is 1. The first-order chi connectivity index (χ1) is 9.52. The number of non-ortho nitro benzene ring substituents is 1. The molecule has 0 aliphatic carbocycles. The van der Waals surface area contributed by atoms with E-state index in [-0.39, 0.29) is 23.9 Å². The van der Waals surface area contributed by atoms with Gasteiger partial charge in [-0.25, -0.2) is 0 Å². The van der Waals surface area contributed by atoms with Crippen LogP contribution in [0.2, 0.25) is 0 Å². The minimum atomic E-state index is -0.526. The van der Waals surface area contributed by atoms with Crippen LogP contribution in [-0.2, 0) is 0 Å². The van der Waals surface area contributed by atoms with Crippen molar-refractivity contribution in [3.63, 3.8) is 0 Å². The van der Waals surface area contributed by atoms with Crippen LogP contribution in [-0.4, -0.2) is 39.3 Å². The molecule has 0 spiro atoms. The topological polar surface area (TPSA) is 121 Å². The molecule has 3 N–H and O–H groups in total. The van der Waals surface area contributed by atoms with Crippen LogP contribution in [0.4, 0.5) is 5.69 Å². The first-order valence-corrected chi connectivity index (χ1v) is 6.04. The minimum absolute atomic E-state index is 0.0347. The van der Waals surface area contributed by atoms with Crippen molar-refractivity contribution in [3.8, 4) is 0 Å². The number of amides is 1. The summed E-state index contributed by atoms with van der Waals surface area (Å²) in [5, 5.41) is 29.2. The summed E-state index contributed by atoms with van der Waals surface area (Å²) in [5.41, 5.74) is 0.557. The third-order valence-electron chi connectivity index (χ3n) is 2.90. The number of rotatable bonds is 5. The van der Waals surface area contributed by atoms with Crippen molar-refractivity contribution in [2.75, 3.05) is 13.2 Å². The van der Waals surface area contributed by atoms with E-state index in [1.54, 1.807) is 6.92 Å². The van der Waals surface area contributed by atoms with Crippen molar-refractivity contribution < 1.29 is 14.8 Å². The highest BCUT2D eigenvalue weighted by molar-refractivity contribution is 6.05. The number of hydrogen-bond acceptors (Lipinski definition) is 5. The second-order valence-corrected chi connectivity index (χ2v) is 4.56. The van der Waals surface area contributed by atoms with Gasteiger partial charge in [0.15, 0.2) is 5.69 Å². The van der Waals surface area contributed by atoms with Gasteiger partial charge in [-0.3, -0.25) is 20.0 Å². The Kier molecular flexibility index (Phi) is 3.94. The monoisotopic (exact) mass is 278 g/mol. The predicted molar refractivity (Wildman–Crippen MR) is 71.3 cm³/mol. The molecule has 0 saturated carbocycles. The summed E-state index contributed by atoms with van der Waals surface area (Å²) in [7, 11) is 0. The van der Waals surface area contributed by atoms with E-state index in [2.05, 4.69) is 15.5 Å². The van der Waals surface area contributed by atoms with Crippen LogP contribution in [0.1, 0.15) is 17.4 Å². The van der Waals surface area contributed by atoms with Gasteiger partial charge >= 0.3 is 0 Å². The molecule has 0 radical (unpaired) electrons. The van der Waals surface area contributed by atoms with Gasteiger partial charge in [-0.15, -0.1) is 0 Å². The number of nitro benzene ring substituents is 1. The number of hydrogen-bond donors (Lipinski definition) is 3. The summed E-state index contributed by atoms with van der Waals surface area (Å²) < 4.78 is 0. The molecule has 106 valence electrons. The molecule has 1 atom stereocenters. The maximum atomic E-state index is 12.0. The van der Waals surface area contributed by atoms with Crippen molar-refractivity contribution >= 4 is 22.5 Å². The molecule has 8 nitrogen and oxygen atoms in total. The van der Waals surface area contributed by atoms with Crippen molar-refractivity contribution in [2.45, 2.75) is 6.92 Å². The number of fused-ring (bicyclic) bond motifs is 1. The number of nitro groups is 1. The van der Waals surface area contributed by atoms with Gasteiger partial charge in [0.05, 0.1) is 10.4 Å². The van der Waals surface area contributed by atoms with Gasteiger partial charge in [-0.05, 0) is 12.0 Å². The lowest BCUT2D eigenvalue weighted by Gasteiger charge is -2.08. The highest BCUT2D eigenvalue weighted by Gasteiger charge is 2.17. The van der Waals surface area contributed by atoms with E-state index in [0.717, 1.165) is 0 Å². The SMILES string of the molecule is CC(CO)CNC(=O)c1n[nH]c2ccc([N+](=O)[O-])cc12. The highest BCUT2D eigenvalue weighted by Crippen LogP contribution is 2.21. The second-order valence-electron chi connectivity index (χ2n) is 4.56. The minimum Gasteiger partial charge on any atom is -0.396 e. The lowest BCUT2D eigenvalue weighted by Crippen LogP contribution is -2.29. The number of carbonyl (C=O) groups is 1. The van der Waals surface area contributed by atoms with E-state index >= 15 is 0 Å². The zero-order valence-electron chi connectivity index (χ0n) is 10.8. The van der Waals surface area contributed by atoms with Crippen LogP contribution < -0.4 is 5.32 Å². The number of nitrogens with zero attached hydrogens (tertiary/aromatic N) is 2. The number of H-pyrrole nitrogens is 1. The zero-order valence-corrected chi connectivity index (χ0v) is 10.8. The lowest BCUT2D eigenvalue weighted by molar-refractivity contribution is -0.384. The van der Waals surface area contributed by atoms with E-state index < -0.39 is 10.8 Å². The average molecular weight is 278 g/mol. The summed E-state index contributed by atoms with van der Waals surface area (Å²) in [6.07, 6.45) is 0.